The first-order valence-electron chi connectivity index (χ1n) is 11.1. The van der Waals surface area contributed by atoms with Gasteiger partial charge in [0, 0.05) is 22.0 Å². The summed E-state index contributed by atoms with van der Waals surface area (Å²) in [5.74, 6) is -2.57. The SMILES string of the molecule is O=C(Nc1cnc(-n2ncnn2)c(C(F)(F)F)c1)c1cnn(-c2ccc3c4c(cccc24)C(=O)N3)c1C(F)(F)F. The fourth-order valence-electron chi connectivity index (χ4n) is 4.39. The highest BCUT2D eigenvalue weighted by Gasteiger charge is 2.41. The van der Waals surface area contributed by atoms with E-state index in [-0.39, 0.29) is 16.6 Å². The number of carbonyl (C=O) groups excluding carboxylic acids is 2. The first kappa shape index (κ1) is 25.0. The molecule has 0 bridgehead atoms. The van der Waals surface area contributed by atoms with Gasteiger partial charge in [-0.05, 0) is 29.5 Å². The lowest BCUT2D eigenvalue weighted by Crippen LogP contribution is -2.21. The Morgan fingerprint density at radius 1 is 0.975 bits per heavy atom. The van der Waals surface area contributed by atoms with Crippen LogP contribution in [0.1, 0.15) is 32.0 Å². The van der Waals surface area contributed by atoms with Gasteiger partial charge in [0.05, 0.1) is 29.3 Å². The van der Waals surface area contributed by atoms with Crippen LogP contribution in [-0.4, -0.2) is 46.8 Å². The van der Waals surface area contributed by atoms with Gasteiger partial charge in [-0.1, -0.05) is 12.1 Å². The van der Waals surface area contributed by atoms with Crippen LogP contribution in [0.4, 0.5) is 37.7 Å². The summed E-state index contributed by atoms with van der Waals surface area (Å²) in [7, 11) is 0. The monoisotopic (exact) mass is 559 g/mol. The molecule has 0 fully saturated rings. The van der Waals surface area contributed by atoms with Gasteiger partial charge >= 0.3 is 12.4 Å². The summed E-state index contributed by atoms with van der Waals surface area (Å²) < 4.78 is 84.4. The Bertz CT molecular complexity index is 1830. The Kier molecular flexibility index (Phi) is 5.35. The number of rotatable bonds is 4. The van der Waals surface area contributed by atoms with Crippen molar-refractivity contribution in [2.75, 3.05) is 10.6 Å². The first-order valence-corrected chi connectivity index (χ1v) is 11.1. The van der Waals surface area contributed by atoms with Crippen molar-refractivity contribution < 1.29 is 35.9 Å². The zero-order valence-corrected chi connectivity index (χ0v) is 19.4. The zero-order valence-electron chi connectivity index (χ0n) is 19.4. The van der Waals surface area contributed by atoms with Crippen LogP contribution >= 0.6 is 0 Å². The maximum absolute atomic E-state index is 14.3. The number of amides is 2. The molecule has 0 radical (unpaired) electrons. The average Bonchev–Trinajstić information content (AvgIpc) is 3.64. The van der Waals surface area contributed by atoms with Crippen molar-refractivity contribution in [3.8, 4) is 11.5 Å². The van der Waals surface area contributed by atoms with Crippen LogP contribution in [0.3, 0.4) is 0 Å². The van der Waals surface area contributed by atoms with Crippen LogP contribution in [0.2, 0.25) is 0 Å². The van der Waals surface area contributed by atoms with Crippen LogP contribution in [-0.2, 0) is 12.4 Å². The van der Waals surface area contributed by atoms with Gasteiger partial charge in [0.15, 0.2) is 17.8 Å². The van der Waals surface area contributed by atoms with E-state index in [0.717, 1.165) is 12.5 Å². The van der Waals surface area contributed by atoms with E-state index in [4.69, 9.17) is 0 Å². The summed E-state index contributed by atoms with van der Waals surface area (Å²) in [5.41, 5.74) is -3.77. The predicted octanol–water partition coefficient (Wildman–Crippen LogP) is 4.25. The summed E-state index contributed by atoms with van der Waals surface area (Å²) in [6.07, 6.45) is -7.76. The molecule has 40 heavy (non-hydrogen) atoms. The molecule has 3 aromatic heterocycles. The number of tetrazole rings is 1. The van der Waals surface area contributed by atoms with Crippen molar-refractivity contribution in [2.45, 2.75) is 12.4 Å². The molecule has 0 aliphatic carbocycles. The number of pyridine rings is 1. The summed E-state index contributed by atoms with van der Waals surface area (Å²) in [6, 6.07) is 7.68. The number of anilines is 2. The predicted molar refractivity (Wildman–Crippen MR) is 124 cm³/mol. The minimum absolute atomic E-state index is 0.0748. The van der Waals surface area contributed by atoms with Crippen molar-refractivity contribution in [3.05, 3.63) is 77.5 Å². The molecule has 6 rings (SSSR count). The van der Waals surface area contributed by atoms with Crippen molar-refractivity contribution in [1.82, 2.24) is 35.0 Å². The Labute approximate surface area is 217 Å². The third-order valence-electron chi connectivity index (χ3n) is 5.99. The highest BCUT2D eigenvalue weighted by molar-refractivity contribution is 6.25. The maximum Gasteiger partial charge on any atom is 0.434 e. The number of alkyl halides is 6. The molecule has 2 aromatic carbocycles. The topological polar surface area (TPSA) is 133 Å². The molecule has 11 nitrogen and oxygen atoms in total. The van der Waals surface area contributed by atoms with Crippen LogP contribution in [0.25, 0.3) is 22.3 Å². The molecular formula is C23H11F6N9O2. The maximum atomic E-state index is 14.3. The molecule has 2 N–H and O–H groups in total. The standard InChI is InChI=1S/C23H11F6N9O2/c24-22(25,26)14-6-10(7-30-19(14)38-33-9-31-36-38)34-21(40)13-8-32-37(18(13)23(27,28)29)16-5-4-15-17-11(16)2-1-3-12(17)20(39)35-15/h1-9H,(H,34,40)(H,35,39). The number of nitrogens with zero attached hydrogens (tertiary/aromatic N) is 7. The molecule has 1 aliphatic rings. The fourth-order valence-corrected chi connectivity index (χ4v) is 4.39. The Morgan fingerprint density at radius 2 is 1.77 bits per heavy atom. The van der Waals surface area contributed by atoms with Gasteiger partial charge in [-0.2, -0.15) is 31.4 Å². The van der Waals surface area contributed by atoms with E-state index in [9.17, 15) is 35.9 Å². The van der Waals surface area contributed by atoms with Gasteiger partial charge in [0.2, 0.25) is 0 Å². The molecule has 0 unspecified atom stereocenters. The molecule has 5 aromatic rings. The van der Waals surface area contributed by atoms with E-state index in [1.54, 1.807) is 0 Å². The average molecular weight is 559 g/mol. The van der Waals surface area contributed by atoms with Gasteiger partial charge in [-0.3, -0.25) is 9.59 Å². The van der Waals surface area contributed by atoms with E-state index < -0.39 is 52.5 Å². The molecule has 202 valence electrons. The molecular weight excluding hydrogens is 548 g/mol. The molecule has 17 heteroatoms. The van der Waals surface area contributed by atoms with Gasteiger partial charge in [0.25, 0.3) is 11.8 Å². The second-order valence-electron chi connectivity index (χ2n) is 8.40. The summed E-state index contributed by atoms with van der Waals surface area (Å²) in [4.78, 5) is 29.3. The van der Waals surface area contributed by atoms with Crippen LogP contribution in [0.15, 0.2) is 55.1 Å². The van der Waals surface area contributed by atoms with Crippen molar-refractivity contribution in [3.63, 3.8) is 0 Å². The van der Waals surface area contributed by atoms with Crippen molar-refractivity contribution in [1.29, 1.82) is 0 Å². The Morgan fingerprint density at radius 3 is 2.48 bits per heavy atom. The third kappa shape index (κ3) is 3.98. The second kappa shape index (κ2) is 8.58. The molecule has 0 atom stereocenters. The lowest BCUT2D eigenvalue weighted by atomic mass is 10.0. The van der Waals surface area contributed by atoms with Crippen molar-refractivity contribution >= 4 is 34.0 Å². The second-order valence-corrected chi connectivity index (χ2v) is 8.40. The summed E-state index contributed by atoms with van der Waals surface area (Å²) in [6.45, 7) is 0. The largest absolute Gasteiger partial charge is 0.434 e. The van der Waals surface area contributed by atoms with E-state index in [1.807, 2.05) is 5.32 Å². The normalized spacial score (nSPS) is 13.1. The number of hydrogen-bond donors (Lipinski definition) is 2. The number of halogens is 6. The van der Waals surface area contributed by atoms with E-state index >= 15 is 0 Å². The van der Waals surface area contributed by atoms with Gasteiger partial charge < -0.3 is 10.6 Å². The van der Waals surface area contributed by atoms with E-state index in [0.29, 0.717) is 32.8 Å². The number of nitrogens with one attached hydrogen (secondary N) is 2. The highest BCUT2D eigenvalue weighted by Crippen LogP contribution is 2.40. The van der Waals surface area contributed by atoms with Crippen LogP contribution in [0.5, 0.6) is 0 Å². The lowest BCUT2D eigenvalue weighted by molar-refractivity contribution is -0.143. The number of carbonyl (C=O) groups is 2. The lowest BCUT2D eigenvalue weighted by Gasteiger charge is -2.15. The molecule has 0 saturated heterocycles. The third-order valence-corrected chi connectivity index (χ3v) is 5.99. The quantitative estimate of drug-likeness (QED) is 0.315. The minimum atomic E-state index is -5.11. The van der Waals surface area contributed by atoms with Gasteiger partial charge in [-0.15, -0.1) is 15.0 Å². The van der Waals surface area contributed by atoms with E-state index in [2.05, 4.69) is 30.8 Å². The van der Waals surface area contributed by atoms with E-state index in [1.165, 1.54) is 30.3 Å². The summed E-state index contributed by atoms with van der Waals surface area (Å²) >= 11 is 0. The number of hydrogen-bond acceptors (Lipinski definition) is 7. The Hall–Kier alpha value is -5.35. The molecule has 0 saturated carbocycles. The van der Waals surface area contributed by atoms with Gasteiger partial charge in [-0.25, -0.2) is 9.67 Å². The molecule has 2 amide bonds. The molecule has 4 heterocycles. The Balaban J connectivity index is 1.42. The zero-order chi connectivity index (χ0) is 28.4. The smallest absolute Gasteiger partial charge is 0.321 e. The fraction of sp³-hybridized carbons (Fsp3) is 0.0870. The summed E-state index contributed by atoms with van der Waals surface area (Å²) in [5, 5.41) is 19.2. The molecule has 1 aliphatic heterocycles. The number of benzene rings is 2. The molecule has 0 spiro atoms. The van der Waals surface area contributed by atoms with Crippen LogP contribution in [0, 0.1) is 0 Å². The van der Waals surface area contributed by atoms with Gasteiger partial charge in [0.1, 0.15) is 5.56 Å². The minimum Gasteiger partial charge on any atom is -0.321 e. The van der Waals surface area contributed by atoms with Crippen LogP contribution < -0.4 is 10.6 Å². The number of aromatic nitrogens is 7. The first-order chi connectivity index (χ1) is 18.9. The highest BCUT2D eigenvalue weighted by atomic mass is 19.4. The van der Waals surface area contributed by atoms with Crippen molar-refractivity contribution in [2.24, 2.45) is 0 Å².